The molecule has 0 spiro atoms. The van der Waals surface area contributed by atoms with Crippen LogP contribution in [-0.2, 0) is 16.8 Å². The summed E-state index contributed by atoms with van der Waals surface area (Å²) in [6, 6.07) is 0.113. The molecule has 3 atom stereocenters. The first-order valence-corrected chi connectivity index (χ1v) is 9.17. The van der Waals surface area contributed by atoms with Crippen LogP contribution in [0.3, 0.4) is 0 Å². The van der Waals surface area contributed by atoms with Gasteiger partial charge in [0.15, 0.2) is 0 Å². The number of aromatic nitrogens is 1. The van der Waals surface area contributed by atoms with Crippen molar-refractivity contribution >= 4 is 17.3 Å². The maximum absolute atomic E-state index is 11.7. The second-order valence-corrected chi connectivity index (χ2v) is 8.63. The predicted octanol–water partition coefficient (Wildman–Crippen LogP) is 3.66. The fourth-order valence-corrected chi connectivity index (χ4v) is 4.83. The lowest BCUT2D eigenvalue weighted by atomic mass is 9.85. The van der Waals surface area contributed by atoms with E-state index in [0.717, 1.165) is 23.5 Å². The molecular weight excluding hydrogens is 296 g/mol. The summed E-state index contributed by atoms with van der Waals surface area (Å²) in [6.45, 7) is 7.19. The highest BCUT2D eigenvalue weighted by molar-refractivity contribution is 7.09. The third-order valence-electron chi connectivity index (χ3n) is 5.04. The van der Waals surface area contributed by atoms with Crippen molar-refractivity contribution in [1.82, 2.24) is 9.88 Å². The molecule has 122 valence electrons. The molecule has 1 N–H and O–H groups in total. The van der Waals surface area contributed by atoms with Gasteiger partial charge in [-0.15, -0.1) is 11.3 Å². The molecule has 1 aromatic rings. The van der Waals surface area contributed by atoms with Crippen LogP contribution in [0.2, 0.25) is 0 Å². The lowest BCUT2D eigenvalue weighted by molar-refractivity contribution is -0.142. The first kappa shape index (κ1) is 15.9. The van der Waals surface area contributed by atoms with Crippen molar-refractivity contribution in [1.29, 1.82) is 0 Å². The molecule has 2 aliphatic rings. The highest BCUT2D eigenvalue weighted by atomic mass is 32.1. The van der Waals surface area contributed by atoms with E-state index in [1.165, 1.54) is 19.3 Å². The van der Waals surface area contributed by atoms with Crippen molar-refractivity contribution in [3.63, 3.8) is 0 Å². The number of aliphatic carboxylic acids is 1. The van der Waals surface area contributed by atoms with E-state index in [-0.39, 0.29) is 11.5 Å². The minimum Gasteiger partial charge on any atom is -0.480 e. The zero-order valence-corrected chi connectivity index (χ0v) is 14.5. The fraction of sp³-hybridized carbons (Fsp3) is 0.765. The van der Waals surface area contributed by atoms with Gasteiger partial charge >= 0.3 is 5.97 Å². The van der Waals surface area contributed by atoms with Gasteiger partial charge in [-0.1, -0.05) is 33.6 Å². The Kier molecular flexibility index (Phi) is 4.29. The largest absolute Gasteiger partial charge is 0.480 e. The summed E-state index contributed by atoms with van der Waals surface area (Å²) in [5, 5.41) is 12.8. The molecule has 4 nitrogen and oxygen atoms in total. The third kappa shape index (κ3) is 3.06. The Morgan fingerprint density at radius 3 is 2.77 bits per heavy atom. The number of fused-ring (bicyclic) bond motifs is 1. The maximum Gasteiger partial charge on any atom is 0.320 e. The Hall–Kier alpha value is -0.940. The minimum atomic E-state index is -0.666. The molecular formula is C17H26N2O2S. The van der Waals surface area contributed by atoms with Crippen molar-refractivity contribution < 1.29 is 9.90 Å². The molecule has 2 fully saturated rings. The van der Waals surface area contributed by atoms with Crippen LogP contribution in [0.15, 0.2) is 5.38 Å². The number of hydrogen-bond donors (Lipinski definition) is 1. The molecule has 0 amide bonds. The Balaban J connectivity index is 1.79. The summed E-state index contributed by atoms with van der Waals surface area (Å²) >= 11 is 1.69. The third-order valence-corrected chi connectivity index (χ3v) is 6.36. The summed E-state index contributed by atoms with van der Waals surface area (Å²) in [5.41, 5.74) is 1.10. The average molecular weight is 322 g/mol. The molecule has 1 aromatic heterocycles. The standard InChI is InChI=1S/C17H26N2O2S/c1-17(2,3)16-18-12(10-22-16)9-19-13-7-5-4-6-11(13)8-14(19)15(20)21/h10-11,13-14H,4-9H2,1-3H3,(H,20,21)/t11-,13-,14-/m0/s1. The first-order chi connectivity index (χ1) is 10.4. The number of hydrogen-bond acceptors (Lipinski definition) is 4. The zero-order valence-electron chi connectivity index (χ0n) is 13.7. The molecule has 1 saturated heterocycles. The molecule has 1 aliphatic heterocycles. The van der Waals surface area contributed by atoms with E-state index in [4.69, 9.17) is 4.98 Å². The van der Waals surface area contributed by atoms with E-state index in [9.17, 15) is 9.90 Å². The Morgan fingerprint density at radius 2 is 2.14 bits per heavy atom. The summed E-state index contributed by atoms with van der Waals surface area (Å²) in [5.74, 6) is -0.101. The van der Waals surface area contributed by atoms with Gasteiger partial charge in [0.25, 0.3) is 0 Å². The zero-order chi connectivity index (χ0) is 15.9. The van der Waals surface area contributed by atoms with Crippen molar-refractivity contribution in [2.24, 2.45) is 5.92 Å². The Bertz CT molecular complexity index is 549. The molecule has 1 saturated carbocycles. The minimum absolute atomic E-state index is 0.0630. The van der Waals surface area contributed by atoms with Crippen LogP contribution in [0.4, 0.5) is 0 Å². The highest BCUT2D eigenvalue weighted by Gasteiger charge is 2.45. The van der Waals surface area contributed by atoms with E-state index in [1.807, 2.05) is 0 Å². The topological polar surface area (TPSA) is 53.4 Å². The quantitative estimate of drug-likeness (QED) is 0.923. The van der Waals surface area contributed by atoms with Gasteiger partial charge in [-0.05, 0) is 25.2 Å². The van der Waals surface area contributed by atoms with Crippen molar-refractivity contribution in [3.8, 4) is 0 Å². The first-order valence-electron chi connectivity index (χ1n) is 8.29. The molecule has 0 unspecified atom stereocenters. The SMILES string of the molecule is CC(C)(C)c1nc(CN2[C@H](C(=O)O)C[C@@H]3CCCC[C@@H]32)cs1. The van der Waals surface area contributed by atoms with E-state index in [1.54, 1.807) is 11.3 Å². The van der Waals surface area contributed by atoms with E-state index >= 15 is 0 Å². The Morgan fingerprint density at radius 1 is 1.41 bits per heavy atom. The second kappa shape index (κ2) is 5.93. The van der Waals surface area contributed by atoms with Gasteiger partial charge in [-0.3, -0.25) is 9.69 Å². The highest BCUT2D eigenvalue weighted by Crippen LogP contribution is 2.40. The second-order valence-electron chi connectivity index (χ2n) is 7.77. The molecule has 3 rings (SSSR count). The van der Waals surface area contributed by atoms with Crippen molar-refractivity contribution in [3.05, 3.63) is 16.1 Å². The van der Waals surface area contributed by atoms with Gasteiger partial charge in [0.1, 0.15) is 6.04 Å². The molecule has 1 aliphatic carbocycles. The number of carboxylic acids is 1. The van der Waals surface area contributed by atoms with Gasteiger partial charge < -0.3 is 5.11 Å². The maximum atomic E-state index is 11.7. The van der Waals surface area contributed by atoms with Crippen LogP contribution < -0.4 is 0 Å². The van der Waals surface area contributed by atoms with Crippen molar-refractivity contribution in [2.75, 3.05) is 0 Å². The molecule has 0 aromatic carbocycles. The van der Waals surface area contributed by atoms with Crippen LogP contribution in [-0.4, -0.2) is 33.0 Å². The van der Waals surface area contributed by atoms with Gasteiger partial charge in [0.2, 0.25) is 0 Å². The molecule has 0 bridgehead atoms. The normalized spacial score (nSPS) is 29.5. The van der Waals surface area contributed by atoms with Crippen LogP contribution in [0.25, 0.3) is 0 Å². The van der Waals surface area contributed by atoms with E-state index in [2.05, 4.69) is 31.1 Å². The number of rotatable bonds is 3. The number of carboxylic acid groups (broad SMARTS) is 1. The van der Waals surface area contributed by atoms with Crippen LogP contribution in [0.1, 0.15) is 63.6 Å². The number of likely N-dealkylation sites (tertiary alicyclic amines) is 1. The van der Waals surface area contributed by atoms with Gasteiger partial charge in [-0.25, -0.2) is 4.98 Å². The fourth-order valence-electron chi connectivity index (χ4n) is 3.93. The molecule has 5 heteroatoms. The van der Waals surface area contributed by atoms with E-state index < -0.39 is 5.97 Å². The van der Waals surface area contributed by atoms with Gasteiger partial charge in [0, 0.05) is 23.4 Å². The Labute approximate surface area is 136 Å². The number of thiazole rings is 1. The summed E-state index contributed by atoms with van der Waals surface area (Å²) < 4.78 is 0. The number of nitrogens with zero attached hydrogens (tertiary/aromatic N) is 2. The lowest BCUT2D eigenvalue weighted by Gasteiger charge is -2.32. The van der Waals surface area contributed by atoms with Crippen LogP contribution in [0, 0.1) is 5.92 Å². The van der Waals surface area contributed by atoms with Crippen molar-refractivity contribution in [2.45, 2.75) is 76.9 Å². The molecule has 0 radical (unpaired) electrons. The van der Waals surface area contributed by atoms with Gasteiger partial charge in [0.05, 0.1) is 10.7 Å². The number of carbonyl (C=O) groups is 1. The average Bonchev–Trinajstić information content (AvgIpc) is 3.04. The lowest BCUT2D eigenvalue weighted by Crippen LogP contribution is -2.41. The monoisotopic (exact) mass is 322 g/mol. The summed E-state index contributed by atoms with van der Waals surface area (Å²) in [7, 11) is 0. The van der Waals surface area contributed by atoms with Crippen LogP contribution in [0.5, 0.6) is 0 Å². The van der Waals surface area contributed by atoms with E-state index in [0.29, 0.717) is 18.5 Å². The summed E-state index contributed by atoms with van der Waals surface area (Å²) in [6.07, 6.45) is 5.64. The summed E-state index contributed by atoms with van der Waals surface area (Å²) in [4.78, 5) is 18.6. The molecule has 22 heavy (non-hydrogen) atoms. The smallest absolute Gasteiger partial charge is 0.320 e. The predicted molar refractivity (Wildman–Crippen MR) is 88.1 cm³/mol. The van der Waals surface area contributed by atoms with Gasteiger partial charge in [-0.2, -0.15) is 0 Å². The molecule has 2 heterocycles. The van der Waals surface area contributed by atoms with Crippen LogP contribution >= 0.6 is 11.3 Å².